The van der Waals surface area contributed by atoms with Crippen LogP contribution in [-0.2, 0) is 9.59 Å². The fourth-order valence-electron chi connectivity index (χ4n) is 4.32. The Labute approximate surface area is 196 Å². The Balaban J connectivity index is 1.36. The number of piperazine rings is 1. The molecule has 2 N–H and O–H groups in total. The molecule has 32 heavy (non-hydrogen) atoms. The molecule has 0 spiro atoms. The molecule has 0 aliphatic carbocycles. The Morgan fingerprint density at radius 2 is 1.75 bits per heavy atom. The number of hydrogen-bond acceptors (Lipinski definition) is 5. The Morgan fingerprint density at radius 1 is 1.06 bits per heavy atom. The number of nitrogens with zero attached hydrogens (tertiary/aromatic N) is 3. The van der Waals surface area contributed by atoms with Crippen LogP contribution in [-0.4, -0.2) is 71.5 Å². The first-order valence-corrected chi connectivity index (χ1v) is 12.0. The van der Waals surface area contributed by atoms with Gasteiger partial charge in [0, 0.05) is 49.1 Å². The van der Waals surface area contributed by atoms with Gasteiger partial charge in [-0.1, -0.05) is 41.9 Å². The second kappa shape index (κ2) is 10.2. The normalized spacial score (nSPS) is 20.9. The Morgan fingerprint density at radius 3 is 2.41 bits per heavy atom. The van der Waals surface area contributed by atoms with Gasteiger partial charge in [-0.3, -0.25) is 19.4 Å². The van der Waals surface area contributed by atoms with Crippen molar-refractivity contribution in [2.24, 2.45) is 5.73 Å². The molecule has 0 aromatic heterocycles. The van der Waals surface area contributed by atoms with Gasteiger partial charge in [0.05, 0.1) is 6.54 Å². The highest BCUT2D eigenvalue weighted by molar-refractivity contribution is 7.99. The molecule has 0 saturated carbocycles. The van der Waals surface area contributed by atoms with E-state index >= 15 is 0 Å². The standard InChI is InChI=1S/C23H26ClFN4O2S/c24-17-7-5-16(6-8-17)21(22(26)31)28-11-9-27(10-12-28)15-20(30)29-13-14-32-23(29)18-3-1-2-4-19(18)25/h1-8,21,23H,9-15H2,(H2,26,31)/t21-,23-/m0/s1. The molecule has 2 atom stereocenters. The van der Waals surface area contributed by atoms with Gasteiger partial charge in [0.1, 0.15) is 17.2 Å². The Bertz CT molecular complexity index is 969. The fraction of sp³-hybridized carbons (Fsp3) is 0.391. The summed E-state index contributed by atoms with van der Waals surface area (Å²) in [7, 11) is 0. The average molecular weight is 477 g/mol. The van der Waals surface area contributed by atoms with Crippen molar-refractivity contribution in [2.45, 2.75) is 11.4 Å². The smallest absolute Gasteiger partial charge is 0.239 e. The zero-order valence-electron chi connectivity index (χ0n) is 17.6. The molecule has 6 nitrogen and oxygen atoms in total. The van der Waals surface area contributed by atoms with Gasteiger partial charge < -0.3 is 10.6 Å². The van der Waals surface area contributed by atoms with E-state index in [9.17, 15) is 14.0 Å². The van der Waals surface area contributed by atoms with E-state index < -0.39 is 11.9 Å². The van der Waals surface area contributed by atoms with Crippen molar-refractivity contribution in [2.75, 3.05) is 45.0 Å². The van der Waals surface area contributed by atoms with Crippen LogP contribution in [0, 0.1) is 5.82 Å². The second-order valence-corrected chi connectivity index (χ2v) is 9.62. The van der Waals surface area contributed by atoms with Gasteiger partial charge in [0.25, 0.3) is 0 Å². The number of amides is 2. The summed E-state index contributed by atoms with van der Waals surface area (Å²) in [5.74, 6) is 0.109. The molecule has 0 unspecified atom stereocenters. The molecule has 2 aromatic carbocycles. The van der Waals surface area contributed by atoms with Crippen molar-refractivity contribution in [3.63, 3.8) is 0 Å². The van der Waals surface area contributed by atoms with Crippen molar-refractivity contribution >= 4 is 35.2 Å². The van der Waals surface area contributed by atoms with Crippen LogP contribution in [0.1, 0.15) is 22.5 Å². The molecule has 2 aliphatic rings. The van der Waals surface area contributed by atoms with E-state index in [-0.39, 0.29) is 23.6 Å². The topological polar surface area (TPSA) is 69.9 Å². The number of rotatable bonds is 6. The number of carbonyl (C=O) groups is 2. The second-order valence-electron chi connectivity index (χ2n) is 8.00. The average Bonchev–Trinajstić information content (AvgIpc) is 3.26. The SMILES string of the molecule is NC(=O)[C@H](c1ccc(Cl)cc1)N1CCN(CC(=O)N2CCS[C@H]2c2ccccc2F)CC1. The number of benzene rings is 2. The van der Waals surface area contributed by atoms with Crippen LogP contribution in [0.2, 0.25) is 5.02 Å². The van der Waals surface area contributed by atoms with E-state index in [1.54, 1.807) is 47.0 Å². The maximum Gasteiger partial charge on any atom is 0.239 e. The summed E-state index contributed by atoms with van der Waals surface area (Å²) < 4.78 is 14.3. The number of halogens is 2. The molecule has 2 fully saturated rings. The Hall–Kier alpha value is -2.13. The van der Waals surface area contributed by atoms with Crippen LogP contribution in [0.5, 0.6) is 0 Å². The van der Waals surface area contributed by atoms with Crippen molar-refractivity contribution in [3.05, 3.63) is 70.5 Å². The minimum atomic E-state index is -0.523. The van der Waals surface area contributed by atoms with Gasteiger partial charge in [-0.05, 0) is 23.8 Å². The van der Waals surface area contributed by atoms with Crippen LogP contribution >= 0.6 is 23.4 Å². The predicted octanol–water partition coefficient (Wildman–Crippen LogP) is 2.90. The molecule has 2 amide bonds. The largest absolute Gasteiger partial charge is 0.368 e. The lowest BCUT2D eigenvalue weighted by Crippen LogP contribution is -2.52. The van der Waals surface area contributed by atoms with E-state index in [1.807, 2.05) is 17.0 Å². The quantitative estimate of drug-likeness (QED) is 0.694. The Kier molecular flexibility index (Phi) is 7.35. The van der Waals surface area contributed by atoms with Gasteiger partial charge in [-0.2, -0.15) is 0 Å². The molecule has 0 radical (unpaired) electrons. The molecule has 170 valence electrons. The molecule has 2 aromatic rings. The minimum absolute atomic E-state index is 0.000792. The lowest BCUT2D eigenvalue weighted by Gasteiger charge is -2.38. The summed E-state index contributed by atoms with van der Waals surface area (Å²) in [6.45, 7) is 3.43. The number of nitrogens with two attached hydrogens (primary N) is 1. The molecular formula is C23H26ClFN4O2S. The molecule has 2 aliphatic heterocycles. The summed E-state index contributed by atoms with van der Waals surface area (Å²) in [6.07, 6.45) is 0. The maximum atomic E-state index is 14.3. The first-order valence-electron chi connectivity index (χ1n) is 10.6. The van der Waals surface area contributed by atoms with E-state index in [2.05, 4.69) is 4.90 Å². The summed E-state index contributed by atoms with van der Waals surface area (Å²) in [5, 5.41) is 0.322. The number of primary amides is 1. The molecule has 0 bridgehead atoms. The van der Waals surface area contributed by atoms with Crippen molar-refractivity contribution < 1.29 is 14.0 Å². The summed E-state index contributed by atoms with van der Waals surface area (Å²) in [5.41, 5.74) is 7.07. The van der Waals surface area contributed by atoms with Crippen LogP contribution in [0.3, 0.4) is 0 Å². The summed E-state index contributed by atoms with van der Waals surface area (Å²) >= 11 is 7.56. The molecular weight excluding hydrogens is 451 g/mol. The van der Waals surface area contributed by atoms with E-state index in [0.717, 1.165) is 11.3 Å². The third-order valence-corrected chi connectivity index (χ3v) is 7.46. The first-order chi connectivity index (χ1) is 15.4. The van der Waals surface area contributed by atoms with E-state index in [4.69, 9.17) is 17.3 Å². The van der Waals surface area contributed by atoms with E-state index in [1.165, 1.54) is 6.07 Å². The van der Waals surface area contributed by atoms with Crippen LogP contribution in [0.4, 0.5) is 4.39 Å². The highest BCUT2D eigenvalue weighted by Gasteiger charge is 2.34. The van der Waals surface area contributed by atoms with Crippen molar-refractivity contribution in [1.29, 1.82) is 0 Å². The third kappa shape index (κ3) is 5.09. The molecule has 4 rings (SSSR count). The maximum absolute atomic E-state index is 14.3. The van der Waals surface area contributed by atoms with Crippen LogP contribution in [0.25, 0.3) is 0 Å². The van der Waals surface area contributed by atoms with Crippen LogP contribution in [0.15, 0.2) is 48.5 Å². The van der Waals surface area contributed by atoms with Gasteiger partial charge >= 0.3 is 0 Å². The highest BCUT2D eigenvalue weighted by Crippen LogP contribution is 2.39. The summed E-state index contributed by atoms with van der Waals surface area (Å²) in [4.78, 5) is 31.1. The minimum Gasteiger partial charge on any atom is -0.368 e. The number of hydrogen-bond donors (Lipinski definition) is 1. The fourth-order valence-corrected chi connectivity index (χ4v) is 5.75. The summed E-state index contributed by atoms with van der Waals surface area (Å²) in [6, 6.07) is 13.3. The monoisotopic (exact) mass is 476 g/mol. The number of carbonyl (C=O) groups excluding carboxylic acids is 2. The highest BCUT2D eigenvalue weighted by atomic mass is 35.5. The van der Waals surface area contributed by atoms with Gasteiger partial charge in [0.15, 0.2) is 0 Å². The van der Waals surface area contributed by atoms with Gasteiger partial charge in [0.2, 0.25) is 11.8 Å². The van der Waals surface area contributed by atoms with E-state index in [0.29, 0.717) is 43.3 Å². The first kappa shape index (κ1) is 23.0. The van der Waals surface area contributed by atoms with Gasteiger partial charge in [-0.25, -0.2) is 4.39 Å². The number of thioether (sulfide) groups is 1. The van der Waals surface area contributed by atoms with Crippen molar-refractivity contribution in [1.82, 2.24) is 14.7 Å². The zero-order valence-corrected chi connectivity index (χ0v) is 19.2. The molecule has 2 saturated heterocycles. The molecule has 9 heteroatoms. The lowest BCUT2D eigenvalue weighted by atomic mass is 10.0. The molecule has 2 heterocycles. The predicted molar refractivity (Wildman–Crippen MR) is 125 cm³/mol. The van der Waals surface area contributed by atoms with Crippen molar-refractivity contribution in [3.8, 4) is 0 Å². The van der Waals surface area contributed by atoms with Crippen LogP contribution < -0.4 is 5.73 Å². The lowest BCUT2D eigenvalue weighted by molar-refractivity contribution is -0.133. The third-order valence-electron chi connectivity index (χ3n) is 5.97. The van der Waals surface area contributed by atoms with Gasteiger partial charge in [-0.15, -0.1) is 11.8 Å². The zero-order chi connectivity index (χ0) is 22.7.